The fourth-order valence-corrected chi connectivity index (χ4v) is 4.22. The molecule has 110 valence electrons. The van der Waals surface area contributed by atoms with E-state index in [1.165, 1.54) is 43.0 Å². The summed E-state index contributed by atoms with van der Waals surface area (Å²) >= 11 is 3.14. The second kappa shape index (κ2) is 7.84. The molecule has 0 radical (unpaired) electrons. The minimum absolute atomic E-state index is 0.0825. The molecule has 0 bridgehead atoms. The van der Waals surface area contributed by atoms with Gasteiger partial charge >= 0.3 is 0 Å². The van der Waals surface area contributed by atoms with Crippen molar-refractivity contribution in [2.24, 2.45) is 0 Å². The van der Waals surface area contributed by atoms with E-state index in [0.29, 0.717) is 0 Å². The average molecular weight is 310 g/mol. The van der Waals surface area contributed by atoms with Crippen molar-refractivity contribution in [1.29, 1.82) is 0 Å². The Morgan fingerprint density at radius 3 is 3.05 bits per heavy atom. The number of allylic oxidation sites excluding steroid dienone is 1. The molecule has 0 aliphatic heterocycles. The lowest BCUT2D eigenvalue weighted by Crippen LogP contribution is -2.31. The molecule has 1 aromatic heterocycles. The molecule has 2 rings (SSSR count). The number of thioether (sulfide) groups is 1. The van der Waals surface area contributed by atoms with Gasteiger partial charge in [0, 0.05) is 17.6 Å². The number of nitrogens with one attached hydrogen (secondary N) is 1. The van der Waals surface area contributed by atoms with Crippen molar-refractivity contribution in [3.05, 3.63) is 22.7 Å². The second-order valence-electron chi connectivity index (χ2n) is 5.16. The van der Waals surface area contributed by atoms with E-state index in [-0.39, 0.29) is 11.2 Å². The molecule has 0 saturated heterocycles. The Morgan fingerprint density at radius 1 is 1.55 bits per heavy atom. The molecule has 5 heteroatoms. The SMILES string of the molecule is Cc1csc(S[C@@H](C)C(=O)NCCC2=CCCCC2)n1. The number of aromatic nitrogens is 1. The van der Waals surface area contributed by atoms with E-state index in [2.05, 4.69) is 16.4 Å². The van der Waals surface area contributed by atoms with E-state index >= 15 is 0 Å². The van der Waals surface area contributed by atoms with Crippen LogP contribution in [0.1, 0.15) is 44.7 Å². The highest BCUT2D eigenvalue weighted by Gasteiger charge is 2.15. The van der Waals surface area contributed by atoms with Crippen LogP contribution in [0, 0.1) is 6.92 Å². The molecular formula is C15H22N2OS2. The first-order valence-corrected chi connectivity index (χ1v) is 8.95. The highest BCUT2D eigenvalue weighted by Crippen LogP contribution is 2.26. The Morgan fingerprint density at radius 2 is 2.40 bits per heavy atom. The van der Waals surface area contributed by atoms with Crippen molar-refractivity contribution in [2.45, 2.75) is 55.5 Å². The number of hydrogen-bond acceptors (Lipinski definition) is 4. The van der Waals surface area contributed by atoms with Gasteiger partial charge in [-0.15, -0.1) is 11.3 Å². The normalized spacial score (nSPS) is 16.6. The first-order chi connectivity index (χ1) is 9.65. The molecule has 1 heterocycles. The van der Waals surface area contributed by atoms with Gasteiger partial charge < -0.3 is 5.32 Å². The summed E-state index contributed by atoms with van der Waals surface area (Å²) in [4.78, 5) is 16.4. The molecule has 3 nitrogen and oxygen atoms in total. The first-order valence-electron chi connectivity index (χ1n) is 7.19. The summed E-state index contributed by atoms with van der Waals surface area (Å²) in [6.07, 6.45) is 8.37. The van der Waals surface area contributed by atoms with Crippen LogP contribution in [0.2, 0.25) is 0 Å². The second-order valence-corrected chi connectivity index (χ2v) is 7.61. The molecule has 1 aromatic rings. The number of rotatable bonds is 6. The van der Waals surface area contributed by atoms with Crippen LogP contribution < -0.4 is 5.32 Å². The molecule has 20 heavy (non-hydrogen) atoms. The third-order valence-corrected chi connectivity index (χ3v) is 5.56. The molecule has 1 atom stereocenters. The topological polar surface area (TPSA) is 42.0 Å². The van der Waals surface area contributed by atoms with Crippen LogP contribution in [0.15, 0.2) is 21.4 Å². The van der Waals surface area contributed by atoms with Crippen LogP contribution in [0.25, 0.3) is 0 Å². The first kappa shape index (κ1) is 15.6. The molecule has 0 saturated carbocycles. The number of hydrogen-bond donors (Lipinski definition) is 1. The monoisotopic (exact) mass is 310 g/mol. The number of amides is 1. The number of aryl methyl sites for hydroxylation is 1. The zero-order valence-corrected chi connectivity index (χ0v) is 13.8. The van der Waals surface area contributed by atoms with Gasteiger partial charge in [-0.05, 0) is 46.0 Å². The quantitative estimate of drug-likeness (QED) is 0.639. The van der Waals surface area contributed by atoms with E-state index in [1.807, 2.05) is 19.2 Å². The fraction of sp³-hybridized carbons (Fsp3) is 0.600. The smallest absolute Gasteiger partial charge is 0.233 e. The third-order valence-electron chi connectivity index (χ3n) is 3.38. The van der Waals surface area contributed by atoms with E-state index in [0.717, 1.165) is 23.0 Å². The maximum atomic E-state index is 12.0. The minimum atomic E-state index is -0.0825. The molecule has 1 aliphatic rings. The third kappa shape index (κ3) is 4.94. The van der Waals surface area contributed by atoms with Gasteiger partial charge in [-0.2, -0.15) is 0 Å². The molecule has 0 unspecified atom stereocenters. The number of carbonyl (C=O) groups excluding carboxylic acids is 1. The van der Waals surface area contributed by atoms with E-state index < -0.39 is 0 Å². The van der Waals surface area contributed by atoms with Crippen molar-refractivity contribution in [1.82, 2.24) is 10.3 Å². The van der Waals surface area contributed by atoms with E-state index in [1.54, 1.807) is 11.3 Å². The van der Waals surface area contributed by atoms with Gasteiger partial charge in [0.1, 0.15) is 0 Å². The Kier molecular flexibility index (Phi) is 6.10. The largest absolute Gasteiger partial charge is 0.355 e. The highest BCUT2D eigenvalue weighted by atomic mass is 32.2. The van der Waals surface area contributed by atoms with Gasteiger partial charge in [-0.1, -0.05) is 23.4 Å². The lowest BCUT2D eigenvalue weighted by molar-refractivity contribution is -0.120. The molecule has 0 fully saturated rings. The van der Waals surface area contributed by atoms with Crippen LogP contribution >= 0.6 is 23.1 Å². The van der Waals surface area contributed by atoms with Crippen LogP contribution in [0.5, 0.6) is 0 Å². The summed E-state index contributed by atoms with van der Waals surface area (Å²) in [5.74, 6) is 0.110. The Labute approximate surface area is 129 Å². The number of thiazole rings is 1. The minimum Gasteiger partial charge on any atom is -0.355 e. The fourth-order valence-electron chi connectivity index (χ4n) is 2.21. The van der Waals surface area contributed by atoms with Crippen molar-refractivity contribution >= 4 is 29.0 Å². The van der Waals surface area contributed by atoms with Crippen molar-refractivity contribution < 1.29 is 4.79 Å². The van der Waals surface area contributed by atoms with Crippen molar-refractivity contribution in [3.63, 3.8) is 0 Å². The predicted molar refractivity (Wildman–Crippen MR) is 86.3 cm³/mol. The standard InChI is InChI=1S/C15H22N2OS2/c1-11-10-19-15(17-11)20-12(2)14(18)16-9-8-13-6-4-3-5-7-13/h6,10,12H,3-5,7-9H2,1-2H3,(H,16,18)/t12-/m0/s1. The predicted octanol–water partition coefficient (Wildman–Crippen LogP) is 3.94. The van der Waals surface area contributed by atoms with Gasteiger partial charge in [-0.25, -0.2) is 4.98 Å². The van der Waals surface area contributed by atoms with Gasteiger partial charge in [0.05, 0.1) is 5.25 Å². The average Bonchev–Trinajstić information content (AvgIpc) is 2.85. The molecule has 1 aliphatic carbocycles. The van der Waals surface area contributed by atoms with Gasteiger partial charge in [0.25, 0.3) is 0 Å². The lowest BCUT2D eigenvalue weighted by atomic mass is 9.97. The summed E-state index contributed by atoms with van der Waals surface area (Å²) in [5, 5.41) is 4.97. The number of carbonyl (C=O) groups is 1. The summed E-state index contributed by atoms with van der Waals surface area (Å²) in [6, 6.07) is 0. The highest BCUT2D eigenvalue weighted by molar-refractivity contribution is 8.02. The Bertz CT molecular complexity index is 482. The van der Waals surface area contributed by atoms with Gasteiger partial charge in [-0.3, -0.25) is 4.79 Å². The Balaban J connectivity index is 1.69. The van der Waals surface area contributed by atoms with E-state index in [9.17, 15) is 4.79 Å². The van der Waals surface area contributed by atoms with Crippen LogP contribution in [-0.4, -0.2) is 22.7 Å². The molecule has 1 amide bonds. The van der Waals surface area contributed by atoms with E-state index in [4.69, 9.17) is 0 Å². The molecule has 0 spiro atoms. The van der Waals surface area contributed by atoms with Crippen molar-refractivity contribution in [3.8, 4) is 0 Å². The molecule has 0 aromatic carbocycles. The van der Waals surface area contributed by atoms with Crippen LogP contribution in [0.4, 0.5) is 0 Å². The molecular weight excluding hydrogens is 288 g/mol. The summed E-state index contributed by atoms with van der Waals surface area (Å²) in [7, 11) is 0. The summed E-state index contributed by atoms with van der Waals surface area (Å²) < 4.78 is 0.972. The maximum Gasteiger partial charge on any atom is 0.233 e. The Hall–Kier alpha value is -0.810. The number of nitrogens with zero attached hydrogens (tertiary/aromatic N) is 1. The summed E-state index contributed by atoms with van der Waals surface area (Å²) in [5.41, 5.74) is 2.53. The summed E-state index contributed by atoms with van der Waals surface area (Å²) in [6.45, 7) is 4.67. The van der Waals surface area contributed by atoms with Crippen LogP contribution in [-0.2, 0) is 4.79 Å². The van der Waals surface area contributed by atoms with Crippen molar-refractivity contribution in [2.75, 3.05) is 6.54 Å². The van der Waals surface area contributed by atoms with Crippen LogP contribution in [0.3, 0.4) is 0 Å². The van der Waals surface area contributed by atoms with Gasteiger partial charge in [0.2, 0.25) is 5.91 Å². The molecule has 1 N–H and O–H groups in total. The zero-order chi connectivity index (χ0) is 14.4. The lowest BCUT2D eigenvalue weighted by Gasteiger charge is -2.14. The van der Waals surface area contributed by atoms with Gasteiger partial charge in [0.15, 0.2) is 4.34 Å². The zero-order valence-electron chi connectivity index (χ0n) is 12.1. The maximum absolute atomic E-state index is 12.0.